The Labute approximate surface area is 271 Å². The van der Waals surface area contributed by atoms with Crippen LogP contribution in [-0.2, 0) is 0 Å². The molecule has 0 aliphatic carbocycles. The van der Waals surface area contributed by atoms with E-state index in [1.54, 1.807) is 49.7 Å². The molecule has 1 fully saturated rings. The van der Waals surface area contributed by atoms with E-state index in [0.717, 1.165) is 26.1 Å². The van der Waals surface area contributed by atoms with Crippen molar-refractivity contribution in [2.24, 2.45) is 10.8 Å². The number of fused-ring (bicyclic) bond motifs is 1. The molecule has 0 amide bonds. The lowest BCUT2D eigenvalue weighted by molar-refractivity contribution is 0.203. The Morgan fingerprint density at radius 3 is 2.50 bits per heavy atom. The molecule has 1 aliphatic rings. The van der Waals surface area contributed by atoms with Crippen molar-refractivity contribution in [2.45, 2.75) is 25.7 Å². The van der Waals surface area contributed by atoms with Crippen LogP contribution in [0.25, 0.3) is 10.9 Å². The summed E-state index contributed by atoms with van der Waals surface area (Å²) >= 11 is 17.3. The summed E-state index contributed by atoms with van der Waals surface area (Å²) < 4.78 is 32.9. The van der Waals surface area contributed by atoms with Gasteiger partial charge in [-0.05, 0) is 98.7 Å². The van der Waals surface area contributed by atoms with Crippen LogP contribution < -0.4 is 25.0 Å². The van der Waals surface area contributed by atoms with Crippen LogP contribution in [0.15, 0.2) is 65.9 Å². The molecule has 0 radical (unpaired) electrons. The summed E-state index contributed by atoms with van der Waals surface area (Å²) in [5.41, 5.74) is 7.40. The van der Waals surface area contributed by atoms with Crippen LogP contribution in [0.2, 0.25) is 10.0 Å². The van der Waals surface area contributed by atoms with Crippen molar-refractivity contribution in [1.29, 1.82) is 0 Å². The molecule has 2 heterocycles. The Hall–Kier alpha value is -3.70. The van der Waals surface area contributed by atoms with Crippen LogP contribution in [0.1, 0.15) is 31.2 Å². The number of likely N-dealkylation sites (tertiary alicyclic amines) is 1. The van der Waals surface area contributed by atoms with Gasteiger partial charge in [0.05, 0.1) is 31.1 Å². The number of hydrogen-bond donors (Lipinski definition) is 1. The molecular formula is C32H32Cl2FN5O3S. The number of ether oxygens (including phenoxy) is 3. The molecule has 8 nitrogen and oxygen atoms in total. The number of hydrazone groups is 1. The Morgan fingerprint density at radius 2 is 1.80 bits per heavy atom. The van der Waals surface area contributed by atoms with Crippen molar-refractivity contribution in [1.82, 2.24) is 9.88 Å². The first-order chi connectivity index (χ1) is 21.3. The standard InChI is InChI=1S/C32H32Cl2FN5O3S/c1-41-30-18-25-27(19-31(30)42-13-5-12-39-10-3-2-4-11-39)37-9-8-28(25)43-29-7-6-21(14-26(29)35)20-38-40(32(36)44)24-16-22(33)15-23(34)17-24/h6-9,14-20H,2-5,10-13H2,1H3,(H2,36,44)/b38-20+. The number of piperidine rings is 1. The van der Waals surface area contributed by atoms with Gasteiger partial charge in [0.2, 0.25) is 0 Å². The molecule has 0 saturated carbocycles. The van der Waals surface area contributed by atoms with E-state index in [-0.39, 0.29) is 10.9 Å². The van der Waals surface area contributed by atoms with Gasteiger partial charge in [-0.3, -0.25) is 4.98 Å². The van der Waals surface area contributed by atoms with Crippen molar-refractivity contribution >= 4 is 63.3 Å². The van der Waals surface area contributed by atoms with Crippen LogP contribution in [-0.4, -0.2) is 54.6 Å². The zero-order chi connectivity index (χ0) is 31.1. The largest absolute Gasteiger partial charge is 0.493 e. The maximum atomic E-state index is 15.2. The molecule has 44 heavy (non-hydrogen) atoms. The van der Waals surface area contributed by atoms with E-state index in [9.17, 15) is 0 Å². The van der Waals surface area contributed by atoms with Gasteiger partial charge >= 0.3 is 0 Å². The van der Waals surface area contributed by atoms with Gasteiger partial charge in [0.25, 0.3) is 0 Å². The highest BCUT2D eigenvalue weighted by atomic mass is 35.5. The molecule has 0 unspecified atom stereocenters. The third-order valence-electron chi connectivity index (χ3n) is 7.11. The minimum absolute atomic E-state index is 0.0273. The highest BCUT2D eigenvalue weighted by molar-refractivity contribution is 7.80. The normalized spacial score (nSPS) is 13.7. The number of nitrogens with two attached hydrogens (primary N) is 1. The van der Waals surface area contributed by atoms with E-state index in [1.807, 2.05) is 6.07 Å². The monoisotopic (exact) mass is 655 g/mol. The summed E-state index contributed by atoms with van der Waals surface area (Å²) in [6.45, 7) is 3.89. The first kappa shape index (κ1) is 31.7. The third kappa shape index (κ3) is 8.06. The second-order valence-electron chi connectivity index (χ2n) is 10.2. The zero-order valence-corrected chi connectivity index (χ0v) is 26.5. The van der Waals surface area contributed by atoms with Crippen molar-refractivity contribution in [3.8, 4) is 23.0 Å². The highest BCUT2D eigenvalue weighted by Gasteiger charge is 2.15. The average molecular weight is 657 g/mol. The topological polar surface area (TPSA) is 85.4 Å². The molecule has 4 aromatic rings. The summed E-state index contributed by atoms with van der Waals surface area (Å²) in [7, 11) is 1.58. The van der Waals surface area contributed by atoms with Crippen LogP contribution in [0, 0.1) is 5.82 Å². The van der Waals surface area contributed by atoms with Crippen LogP contribution in [0.5, 0.6) is 23.0 Å². The predicted molar refractivity (Wildman–Crippen MR) is 178 cm³/mol. The lowest BCUT2D eigenvalue weighted by Gasteiger charge is -2.26. The maximum Gasteiger partial charge on any atom is 0.191 e. The molecule has 0 bridgehead atoms. The summed E-state index contributed by atoms with van der Waals surface area (Å²) in [6.07, 6.45) is 7.79. The number of pyridine rings is 1. The molecule has 1 aliphatic heterocycles. The van der Waals surface area contributed by atoms with E-state index in [4.69, 9.17) is 55.4 Å². The quantitative estimate of drug-likeness (QED) is 0.0758. The van der Waals surface area contributed by atoms with E-state index in [2.05, 4.69) is 15.0 Å². The number of aromatic nitrogens is 1. The average Bonchev–Trinajstić information content (AvgIpc) is 3.00. The summed E-state index contributed by atoms with van der Waals surface area (Å²) in [6, 6.07) is 14.6. The van der Waals surface area contributed by atoms with Crippen LogP contribution in [0.4, 0.5) is 10.1 Å². The molecule has 12 heteroatoms. The van der Waals surface area contributed by atoms with Crippen molar-refractivity contribution < 1.29 is 18.6 Å². The molecule has 1 aromatic heterocycles. The SMILES string of the molecule is COc1cc2c(Oc3ccc(/C=N/N(C(N)=S)c4cc(Cl)cc(Cl)c4)cc3F)ccnc2cc1OCCCN1CCCCC1. The summed E-state index contributed by atoms with van der Waals surface area (Å²) in [4.78, 5) is 6.95. The number of thiocarbonyl (C=S) groups is 1. The van der Waals surface area contributed by atoms with Crippen LogP contribution >= 0.6 is 35.4 Å². The van der Waals surface area contributed by atoms with Gasteiger partial charge in [-0.2, -0.15) is 5.10 Å². The number of nitrogens with zero attached hydrogens (tertiary/aromatic N) is 4. The Kier molecular flexibility index (Phi) is 10.7. The number of methoxy groups -OCH3 is 1. The van der Waals surface area contributed by atoms with Gasteiger partial charge in [0.15, 0.2) is 28.2 Å². The third-order valence-corrected chi connectivity index (χ3v) is 7.72. The fourth-order valence-corrected chi connectivity index (χ4v) is 5.65. The fraction of sp³-hybridized carbons (Fsp3) is 0.281. The molecule has 230 valence electrons. The first-order valence-electron chi connectivity index (χ1n) is 14.2. The second-order valence-corrected chi connectivity index (χ2v) is 11.5. The Morgan fingerprint density at radius 1 is 1.02 bits per heavy atom. The van der Waals surface area contributed by atoms with Crippen molar-refractivity contribution in [3.63, 3.8) is 0 Å². The number of halogens is 3. The zero-order valence-electron chi connectivity index (χ0n) is 24.1. The van der Waals surface area contributed by atoms with Gasteiger partial charge in [0, 0.05) is 34.2 Å². The van der Waals surface area contributed by atoms with Crippen molar-refractivity contribution in [2.75, 3.05) is 38.4 Å². The maximum absolute atomic E-state index is 15.2. The van der Waals surface area contributed by atoms with Gasteiger partial charge < -0.3 is 24.8 Å². The van der Waals surface area contributed by atoms with E-state index < -0.39 is 5.82 Å². The second kappa shape index (κ2) is 14.9. The summed E-state index contributed by atoms with van der Waals surface area (Å²) in [5, 5.41) is 6.98. The minimum Gasteiger partial charge on any atom is -0.493 e. The molecule has 5 rings (SSSR count). The Balaban J connectivity index is 1.29. The van der Waals surface area contributed by atoms with Crippen LogP contribution in [0.3, 0.4) is 0 Å². The lowest BCUT2D eigenvalue weighted by atomic mass is 10.1. The van der Waals surface area contributed by atoms with Gasteiger partial charge in [-0.15, -0.1) is 0 Å². The molecule has 3 aromatic carbocycles. The van der Waals surface area contributed by atoms with Gasteiger partial charge in [-0.1, -0.05) is 29.6 Å². The molecular weight excluding hydrogens is 624 g/mol. The fourth-order valence-electron chi connectivity index (χ4n) is 4.98. The van der Waals surface area contributed by atoms with E-state index >= 15 is 4.39 Å². The number of rotatable bonds is 11. The minimum atomic E-state index is -0.591. The molecule has 1 saturated heterocycles. The number of anilines is 1. The first-order valence-corrected chi connectivity index (χ1v) is 15.4. The summed E-state index contributed by atoms with van der Waals surface area (Å²) in [5.74, 6) is 1.00. The van der Waals surface area contributed by atoms with Gasteiger partial charge in [-0.25, -0.2) is 9.40 Å². The highest BCUT2D eigenvalue weighted by Crippen LogP contribution is 2.37. The molecule has 0 spiro atoms. The van der Waals surface area contributed by atoms with E-state index in [0.29, 0.717) is 56.1 Å². The number of benzene rings is 3. The smallest absolute Gasteiger partial charge is 0.191 e. The van der Waals surface area contributed by atoms with Crippen molar-refractivity contribution in [3.05, 3.63) is 82.2 Å². The van der Waals surface area contributed by atoms with Gasteiger partial charge in [0.1, 0.15) is 5.75 Å². The molecule has 0 atom stereocenters. The lowest BCUT2D eigenvalue weighted by Crippen LogP contribution is -2.31. The number of hydrogen-bond acceptors (Lipinski definition) is 7. The predicted octanol–water partition coefficient (Wildman–Crippen LogP) is 7.82. The Bertz CT molecular complexity index is 1650. The van der Waals surface area contributed by atoms with E-state index in [1.165, 1.54) is 42.6 Å². The molecule has 2 N–H and O–H groups in total.